The molecule has 0 fully saturated rings. The smallest absolute Gasteiger partial charge is 0.197 e. The Balaban J connectivity index is 1.87. The highest BCUT2D eigenvalue weighted by atomic mass is 35.5. The number of rotatable bonds is 4. The number of halogens is 1. The average Bonchev–Trinajstić information content (AvgIpc) is 2.50. The van der Waals surface area contributed by atoms with E-state index in [1.807, 2.05) is 12.1 Å². The third-order valence-electron chi connectivity index (χ3n) is 3.76. The van der Waals surface area contributed by atoms with Crippen molar-refractivity contribution in [1.29, 1.82) is 0 Å². The van der Waals surface area contributed by atoms with Gasteiger partial charge in [-0.1, -0.05) is 11.6 Å². The summed E-state index contributed by atoms with van der Waals surface area (Å²) in [5, 5.41) is 5.24. The van der Waals surface area contributed by atoms with Gasteiger partial charge in [0, 0.05) is 33.9 Å². The van der Waals surface area contributed by atoms with E-state index in [-0.39, 0.29) is 11.0 Å². The van der Waals surface area contributed by atoms with Gasteiger partial charge < -0.3 is 15.0 Å². The lowest BCUT2D eigenvalue weighted by molar-refractivity contribution is 0.291. The molecule has 1 heterocycles. The van der Waals surface area contributed by atoms with Crippen molar-refractivity contribution in [3.05, 3.63) is 51.6 Å². The number of ether oxygens (including phenoxy) is 1. The highest BCUT2D eigenvalue weighted by molar-refractivity contribution is 6.31. The zero-order valence-corrected chi connectivity index (χ0v) is 14.8. The maximum absolute atomic E-state index is 12.6. The molecule has 0 aliphatic carbocycles. The van der Waals surface area contributed by atoms with Gasteiger partial charge in [0.05, 0.1) is 11.0 Å². The van der Waals surface area contributed by atoms with E-state index in [1.54, 1.807) is 24.3 Å². The summed E-state index contributed by atoms with van der Waals surface area (Å²) in [4.78, 5) is 15.8. The Morgan fingerprint density at radius 2 is 1.75 bits per heavy atom. The molecule has 0 spiro atoms. The third kappa shape index (κ3) is 3.71. The molecule has 4 nitrogen and oxygen atoms in total. The summed E-state index contributed by atoms with van der Waals surface area (Å²) in [5.74, 6) is 0.732. The van der Waals surface area contributed by atoms with Gasteiger partial charge >= 0.3 is 0 Å². The van der Waals surface area contributed by atoms with Gasteiger partial charge in [0.15, 0.2) is 5.43 Å². The summed E-state index contributed by atoms with van der Waals surface area (Å²) in [5.41, 5.74) is 1.54. The second-order valence-corrected chi connectivity index (χ2v) is 7.31. The van der Waals surface area contributed by atoms with Crippen LogP contribution in [0.3, 0.4) is 0 Å². The second kappa shape index (κ2) is 6.46. The Hall–Kier alpha value is -2.04. The third-order valence-corrected chi connectivity index (χ3v) is 3.99. The maximum atomic E-state index is 12.6. The SMILES string of the molecule is CC(C)(C)NCCOc1ccc2c(=O)c3ccc(Cl)cc3[nH]c2c1. The molecule has 0 atom stereocenters. The van der Waals surface area contributed by atoms with Gasteiger partial charge in [0.1, 0.15) is 12.4 Å². The topological polar surface area (TPSA) is 54.1 Å². The van der Waals surface area contributed by atoms with Crippen molar-refractivity contribution in [2.75, 3.05) is 13.2 Å². The number of hydrogen-bond acceptors (Lipinski definition) is 3. The van der Waals surface area contributed by atoms with Gasteiger partial charge in [-0.05, 0) is 51.1 Å². The normalized spacial score (nSPS) is 12.0. The molecule has 0 bridgehead atoms. The molecule has 2 N–H and O–H groups in total. The van der Waals surface area contributed by atoms with Crippen molar-refractivity contribution in [2.24, 2.45) is 0 Å². The number of fused-ring (bicyclic) bond motifs is 2. The highest BCUT2D eigenvalue weighted by Gasteiger charge is 2.09. The molecular weight excluding hydrogens is 324 g/mol. The first-order valence-corrected chi connectivity index (χ1v) is 8.34. The molecule has 24 heavy (non-hydrogen) atoms. The van der Waals surface area contributed by atoms with E-state index >= 15 is 0 Å². The molecule has 3 aromatic rings. The fourth-order valence-electron chi connectivity index (χ4n) is 2.62. The van der Waals surface area contributed by atoms with E-state index < -0.39 is 0 Å². The lowest BCUT2D eigenvalue weighted by Crippen LogP contribution is -2.38. The van der Waals surface area contributed by atoms with E-state index in [9.17, 15) is 4.79 Å². The van der Waals surface area contributed by atoms with Crippen LogP contribution < -0.4 is 15.5 Å². The molecular formula is C19H21ClN2O2. The first-order chi connectivity index (χ1) is 11.3. The van der Waals surface area contributed by atoms with Gasteiger partial charge in [-0.25, -0.2) is 0 Å². The molecule has 0 radical (unpaired) electrons. The van der Waals surface area contributed by atoms with Crippen molar-refractivity contribution < 1.29 is 4.74 Å². The van der Waals surface area contributed by atoms with Crippen LogP contribution >= 0.6 is 11.6 Å². The fraction of sp³-hybridized carbons (Fsp3) is 0.316. The minimum absolute atomic E-state index is 0.00336. The molecule has 0 saturated heterocycles. The lowest BCUT2D eigenvalue weighted by Gasteiger charge is -2.20. The van der Waals surface area contributed by atoms with Crippen LogP contribution in [0.2, 0.25) is 5.02 Å². The van der Waals surface area contributed by atoms with Gasteiger partial charge in [0.25, 0.3) is 0 Å². The minimum atomic E-state index is -0.00336. The molecule has 0 unspecified atom stereocenters. The summed E-state index contributed by atoms with van der Waals surface area (Å²) < 4.78 is 5.77. The molecule has 2 aromatic carbocycles. The fourth-order valence-corrected chi connectivity index (χ4v) is 2.79. The van der Waals surface area contributed by atoms with E-state index in [0.717, 1.165) is 23.3 Å². The number of H-pyrrole nitrogens is 1. The lowest BCUT2D eigenvalue weighted by atomic mass is 10.1. The summed E-state index contributed by atoms with van der Waals surface area (Å²) in [6.07, 6.45) is 0. The predicted octanol–water partition coefficient (Wildman–Crippen LogP) is 4.10. The van der Waals surface area contributed by atoms with E-state index in [4.69, 9.17) is 16.3 Å². The largest absolute Gasteiger partial charge is 0.492 e. The highest BCUT2D eigenvalue weighted by Crippen LogP contribution is 2.22. The summed E-state index contributed by atoms with van der Waals surface area (Å²) in [7, 11) is 0. The molecule has 0 saturated carbocycles. The number of benzene rings is 2. The number of pyridine rings is 1. The van der Waals surface area contributed by atoms with Crippen molar-refractivity contribution >= 4 is 33.4 Å². The molecule has 1 aromatic heterocycles. The van der Waals surface area contributed by atoms with Crippen molar-refractivity contribution in [3.8, 4) is 5.75 Å². The maximum Gasteiger partial charge on any atom is 0.197 e. The Bertz CT molecular complexity index is 942. The first-order valence-electron chi connectivity index (χ1n) is 7.97. The standard InChI is InChI=1S/C19H21ClN2O2/c1-19(2,3)21-8-9-24-13-5-7-15-17(11-13)22-16-10-12(20)4-6-14(16)18(15)23/h4-7,10-11,21H,8-9H2,1-3H3,(H,22,23). The quantitative estimate of drug-likeness (QED) is 0.553. The van der Waals surface area contributed by atoms with Crippen LogP contribution in [0, 0.1) is 0 Å². The van der Waals surface area contributed by atoms with Crippen LogP contribution in [0.15, 0.2) is 41.2 Å². The van der Waals surface area contributed by atoms with Gasteiger partial charge in [-0.2, -0.15) is 0 Å². The predicted molar refractivity (Wildman–Crippen MR) is 100 cm³/mol. The van der Waals surface area contributed by atoms with Gasteiger partial charge in [0.2, 0.25) is 0 Å². The first kappa shape index (κ1) is 16.8. The molecule has 126 valence electrons. The minimum Gasteiger partial charge on any atom is -0.492 e. The van der Waals surface area contributed by atoms with Gasteiger partial charge in [-0.15, -0.1) is 0 Å². The Kier molecular flexibility index (Phi) is 4.52. The monoisotopic (exact) mass is 344 g/mol. The van der Waals surface area contributed by atoms with Crippen LogP contribution in [0.5, 0.6) is 5.75 Å². The Morgan fingerprint density at radius 3 is 2.46 bits per heavy atom. The zero-order valence-electron chi connectivity index (χ0n) is 14.1. The molecule has 5 heteroatoms. The number of nitrogens with one attached hydrogen (secondary N) is 2. The number of hydrogen-bond donors (Lipinski definition) is 2. The molecule has 0 amide bonds. The number of aromatic nitrogens is 1. The number of aromatic amines is 1. The van der Waals surface area contributed by atoms with E-state index in [0.29, 0.717) is 22.4 Å². The summed E-state index contributed by atoms with van der Waals surface area (Å²) in [6, 6.07) is 10.7. The van der Waals surface area contributed by atoms with Crippen molar-refractivity contribution in [2.45, 2.75) is 26.3 Å². The summed E-state index contributed by atoms with van der Waals surface area (Å²) in [6.45, 7) is 7.66. The molecule has 3 rings (SSSR count). The zero-order chi connectivity index (χ0) is 17.3. The Labute approximate surface area is 145 Å². The van der Waals surface area contributed by atoms with Crippen LogP contribution in [0.4, 0.5) is 0 Å². The van der Waals surface area contributed by atoms with E-state index in [1.165, 1.54) is 0 Å². The van der Waals surface area contributed by atoms with Crippen molar-refractivity contribution in [3.63, 3.8) is 0 Å². The summed E-state index contributed by atoms with van der Waals surface area (Å²) >= 11 is 6.02. The van der Waals surface area contributed by atoms with E-state index in [2.05, 4.69) is 31.1 Å². The van der Waals surface area contributed by atoms with Crippen LogP contribution in [-0.4, -0.2) is 23.7 Å². The van der Waals surface area contributed by atoms with Crippen molar-refractivity contribution in [1.82, 2.24) is 10.3 Å². The van der Waals surface area contributed by atoms with Crippen LogP contribution in [0.25, 0.3) is 21.8 Å². The van der Waals surface area contributed by atoms with Crippen LogP contribution in [0.1, 0.15) is 20.8 Å². The second-order valence-electron chi connectivity index (χ2n) is 6.88. The van der Waals surface area contributed by atoms with Crippen LogP contribution in [-0.2, 0) is 0 Å². The Morgan fingerprint density at radius 1 is 1.08 bits per heavy atom. The average molecular weight is 345 g/mol. The van der Waals surface area contributed by atoms with Gasteiger partial charge in [-0.3, -0.25) is 4.79 Å². The molecule has 0 aliphatic heterocycles. The molecule has 0 aliphatic rings.